The monoisotopic (exact) mass is 285 g/mol. The van der Waals surface area contributed by atoms with E-state index in [-0.39, 0.29) is 6.04 Å². The van der Waals surface area contributed by atoms with Crippen LogP contribution in [0.15, 0.2) is 23.1 Å². The van der Waals surface area contributed by atoms with Gasteiger partial charge >= 0.3 is 0 Å². The lowest BCUT2D eigenvalue weighted by Gasteiger charge is -2.16. The maximum absolute atomic E-state index is 6.34. The van der Waals surface area contributed by atoms with Crippen molar-refractivity contribution < 1.29 is 0 Å². The van der Waals surface area contributed by atoms with Crippen LogP contribution in [0.2, 0.25) is 5.02 Å². The van der Waals surface area contributed by atoms with E-state index in [9.17, 15) is 0 Å². The zero-order valence-electron chi connectivity index (χ0n) is 11.7. The second-order valence-electron chi connectivity index (χ2n) is 5.20. The number of halogens is 1. The molecule has 3 heteroatoms. The molecule has 0 radical (unpaired) electrons. The number of hydrogen-bond acceptors (Lipinski definition) is 2. The van der Waals surface area contributed by atoms with Gasteiger partial charge in [0.1, 0.15) is 0 Å². The lowest BCUT2D eigenvalue weighted by Crippen LogP contribution is -2.21. The fourth-order valence-corrected chi connectivity index (χ4v) is 2.88. The molecule has 0 aliphatic carbocycles. The molecule has 0 saturated heterocycles. The molecule has 2 atom stereocenters. The topological polar surface area (TPSA) is 26.0 Å². The van der Waals surface area contributed by atoms with Gasteiger partial charge in [-0.25, -0.2) is 0 Å². The molecule has 0 spiro atoms. The molecule has 1 aromatic rings. The van der Waals surface area contributed by atoms with Crippen molar-refractivity contribution in [3.8, 4) is 0 Å². The maximum atomic E-state index is 6.34. The van der Waals surface area contributed by atoms with Crippen molar-refractivity contribution in [1.82, 2.24) is 0 Å². The zero-order valence-corrected chi connectivity index (χ0v) is 13.3. The molecule has 1 rings (SSSR count). The third kappa shape index (κ3) is 4.83. The van der Waals surface area contributed by atoms with Crippen LogP contribution in [-0.2, 0) is 6.42 Å². The van der Waals surface area contributed by atoms with Crippen molar-refractivity contribution in [2.24, 2.45) is 11.7 Å². The van der Waals surface area contributed by atoms with Crippen LogP contribution in [-0.4, -0.2) is 11.3 Å². The van der Waals surface area contributed by atoms with E-state index < -0.39 is 0 Å². The lowest BCUT2D eigenvalue weighted by atomic mass is 10.1. The smallest absolute Gasteiger partial charge is 0.0544 e. The Balaban J connectivity index is 2.73. The van der Waals surface area contributed by atoms with Crippen molar-refractivity contribution in [3.05, 3.63) is 28.8 Å². The molecule has 18 heavy (non-hydrogen) atoms. The molecule has 0 amide bonds. The average Bonchev–Trinajstić information content (AvgIpc) is 2.32. The summed E-state index contributed by atoms with van der Waals surface area (Å²) in [6.45, 7) is 8.83. The Kier molecular flexibility index (Phi) is 6.54. The zero-order chi connectivity index (χ0) is 13.7. The first-order valence-electron chi connectivity index (χ1n) is 6.64. The van der Waals surface area contributed by atoms with Gasteiger partial charge in [0.15, 0.2) is 0 Å². The highest BCUT2D eigenvalue weighted by atomic mass is 35.5. The molecule has 102 valence electrons. The standard InChI is InChI=1S/C15H24ClNS/c1-5-13(17)8-12-6-7-15(14(16)9-12)18-11(4)10(2)3/h6-7,9-11,13H,5,8,17H2,1-4H3. The summed E-state index contributed by atoms with van der Waals surface area (Å²) in [5.74, 6) is 0.652. The van der Waals surface area contributed by atoms with E-state index >= 15 is 0 Å². The summed E-state index contributed by atoms with van der Waals surface area (Å²) < 4.78 is 0. The second-order valence-corrected chi connectivity index (χ2v) is 7.03. The molecular formula is C15H24ClNS. The largest absolute Gasteiger partial charge is 0.327 e. The van der Waals surface area contributed by atoms with Crippen molar-refractivity contribution in [3.63, 3.8) is 0 Å². The third-order valence-electron chi connectivity index (χ3n) is 3.27. The van der Waals surface area contributed by atoms with Crippen LogP contribution in [0.25, 0.3) is 0 Å². The highest BCUT2D eigenvalue weighted by molar-refractivity contribution is 8.00. The number of hydrogen-bond donors (Lipinski definition) is 1. The minimum atomic E-state index is 0.231. The van der Waals surface area contributed by atoms with Crippen LogP contribution >= 0.6 is 23.4 Å². The number of thioether (sulfide) groups is 1. The minimum absolute atomic E-state index is 0.231. The lowest BCUT2D eigenvalue weighted by molar-refractivity contribution is 0.642. The highest BCUT2D eigenvalue weighted by Gasteiger charge is 2.12. The van der Waals surface area contributed by atoms with E-state index in [1.165, 1.54) is 10.5 Å². The van der Waals surface area contributed by atoms with Crippen LogP contribution in [0.5, 0.6) is 0 Å². The van der Waals surface area contributed by atoms with E-state index in [1.807, 2.05) is 11.8 Å². The van der Waals surface area contributed by atoms with Crippen molar-refractivity contribution in [2.45, 2.75) is 56.7 Å². The van der Waals surface area contributed by atoms with Gasteiger partial charge in [-0.3, -0.25) is 0 Å². The van der Waals surface area contributed by atoms with Gasteiger partial charge in [-0.2, -0.15) is 0 Å². The van der Waals surface area contributed by atoms with Crippen LogP contribution < -0.4 is 5.73 Å². The van der Waals surface area contributed by atoms with Crippen LogP contribution in [0.1, 0.15) is 39.7 Å². The van der Waals surface area contributed by atoms with E-state index in [4.69, 9.17) is 17.3 Å². The summed E-state index contributed by atoms with van der Waals surface area (Å²) in [5, 5.41) is 1.43. The molecule has 0 heterocycles. The van der Waals surface area contributed by atoms with Gasteiger partial charge in [-0.05, 0) is 36.5 Å². The number of nitrogens with two attached hydrogens (primary N) is 1. The van der Waals surface area contributed by atoms with Crippen molar-refractivity contribution in [2.75, 3.05) is 0 Å². The molecule has 0 bridgehead atoms. The van der Waals surface area contributed by atoms with Gasteiger partial charge in [0.25, 0.3) is 0 Å². The molecule has 2 N–H and O–H groups in total. The van der Waals surface area contributed by atoms with Gasteiger partial charge in [-0.1, -0.05) is 45.4 Å². The van der Waals surface area contributed by atoms with E-state index in [2.05, 4.69) is 45.9 Å². The summed E-state index contributed by atoms with van der Waals surface area (Å²) in [5.41, 5.74) is 7.20. The molecule has 2 unspecified atom stereocenters. The molecule has 0 saturated carbocycles. The summed E-state index contributed by atoms with van der Waals surface area (Å²) in [6.07, 6.45) is 1.90. The summed E-state index contributed by atoms with van der Waals surface area (Å²) in [4.78, 5) is 1.17. The fourth-order valence-electron chi connectivity index (χ4n) is 1.55. The van der Waals surface area contributed by atoms with Gasteiger partial charge < -0.3 is 5.73 Å². The normalized spacial score (nSPS) is 14.8. The predicted octanol–water partition coefficient (Wildman–Crippen LogP) is 4.76. The maximum Gasteiger partial charge on any atom is 0.0544 e. The number of benzene rings is 1. The van der Waals surface area contributed by atoms with Gasteiger partial charge in [0.05, 0.1) is 5.02 Å². The fraction of sp³-hybridized carbons (Fsp3) is 0.600. The predicted molar refractivity (Wildman–Crippen MR) is 83.6 cm³/mol. The average molecular weight is 286 g/mol. The Morgan fingerprint density at radius 3 is 2.44 bits per heavy atom. The molecule has 0 aliphatic heterocycles. The second kappa shape index (κ2) is 7.42. The Morgan fingerprint density at radius 1 is 1.28 bits per heavy atom. The molecule has 0 aliphatic rings. The molecule has 1 aromatic carbocycles. The van der Waals surface area contributed by atoms with Gasteiger partial charge in [-0.15, -0.1) is 11.8 Å². The van der Waals surface area contributed by atoms with E-state index in [0.717, 1.165) is 17.9 Å². The van der Waals surface area contributed by atoms with E-state index in [0.29, 0.717) is 11.2 Å². The first-order chi connectivity index (χ1) is 8.43. The van der Waals surface area contributed by atoms with Gasteiger partial charge in [0, 0.05) is 16.2 Å². The van der Waals surface area contributed by atoms with E-state index in [1.54, 1.807) is 0 Å². The Morgan fingerprint density at radius 2 is 1.94 bits per heavy atom. The Hall–Kier alpha value is -0.180. The van der Waals surface area contributed by atoms with Crippen molar-refractivity contribution in [1.29, 1.82) is 0 Å². The third-order valence-corrected chi connectivity index (χ3v) is 5.22. The molecule has 1 nitrogen and oxygen atoms in total. The molecular weight excluding hydrogens is 262 g/mol. The van der Waals surface area contributed by atoms with Gasteiger partial charge in [0.2, 0.25) is 0 Å². The summed E-state index contributed by atoms with van der Waals surface area (Å²) in [7, 11) is 0. The highest BCUT2D eigenvalue weighted by Crippen LogP contribution is 2.33. The summed E-state index contributed by atoms with van der Waals surface area (Å²) >= 11 is 8.19. The van der Waals surface area contributed by atoms with Crippen molar-refractivity contribution >= 4 is 23.4 Å². The van der Waals surface area contributed by atoms with Crippen LogP contribution in [0, 0.1) is 5.92 Å². The molecule has 0 fully saturated rings. The SMILES string of the molecule is CCC(N)Cc1ccc(SC(C)C(C)C)c(Cl)c1. The molecule has 0 aromatic heterocycles. The quantitative estimate of drug-likeness (QED) is 0.763. The van der Waals surface area contributed by atoms with Crippen LogP contribution in [0.4, 0.5) is 0 Å². The Labute approximate surface area is 120 Å². The first kappa shape index (κ1) is 15.9. The minimum Gasteiger partial charge on any atom is -0.327 e. The van der Waals surface area contributed by atoms with Crippen LogP contribution in [0.3, 0.4) is 0 Å². The Bertz CT molecular complexity index is 379. The first-order valence-corrected chi connectivity index (χ1v) is 7.90. The number of rotatable bonds is 6. The summed E-state index contributed by atoms with van der Waals surface area (Å²) in [6, 6.07) is 6.57.